The van der Waals surface area contributed by atoms with E-state index in [0.29, 0.717) is 22.0 Å². The second kappa shape index (κ2) is 5.25. The number of carbonyl (C=O) groups is 1. The number of carbonyl (C=O) groups excluding carboxylic acids is 1. The van der Waals surface area contributed by atoms with E-state index < -0.39 is 9.05 Å². The zero-order chi connectivity index (χ0) is 15.4. The molecule has 1 amide bonds. The lowest BCUT2D eigenvalue weighted by Crippen LogP contribution is -2.38. The molecule has 2 atom stereocenters. The Balaban J connectivity index is 2.01. The first kappa shape index (κ1) is 15.3. The van der Waals surface area contributed by atoms with Gasteiger partial charge in [-0.1, -0.05) is 15.9 Å². The van der Waals surface area contributed by atoms with Gasteiger partial charge in [0.2, 0.25) is 0 Å². The standard InChI is InChI=1S/C14H15BrClNO3S/c1-8-12(5-11(6-13(8)15)21(16,19)20)14(18)17-7-9-2-3-10(17)4-9/h5-6,9-10H,2-4,7H2,1H3. The van der Waals surface area contributed by atoms with E-state index >= 15 is 0 Å². The van der Waals surface area contributed by atoms with Crippen LogP contribution in [0.5, 0.6) is 0 Å². The number of piperidine rings is 1. The van der Waals surface area contributed by atoms with Crippen molar-refractivity contribution in [2.45, 2.75) is 37.1 Å². The van der Waals surface area contributed by atoms with Crippen LogP contribution in [0.3, 0.4) is 0 Å². The fourth-order valence-electron chi connectivity index (χ4n) is 3.35. The summed E-state index contributed by atoms with van der Waals surface area (Å²) in [6.45, 7) is 2.58. The second-order valence-corrected chi connectivity index (χ2v) is 9.23. The zero-order valence-electron chi connectivity index (χ0n) is 11.5. The highest BCUT2D eigenvalue weighted by Gasteiger charge is 2.41. The van der Waals surface area contributed by atoms with E-state index in [0.717, 1.165) is 24.9 Å². The fourth-order valence-corrected chi connectivity index (χ4v) is 4.74. The predicted molar refractivity (Wildman–Crippen MR) is 84.1 cm³/mol. The number of fused-ring (bicyclic) bond motifs is 2. The first-order valence-corrected chi connectivity index (χ1v) is 9.93. The van der Waals surface area contributed by atoms with E-state index in [1.54, 1.807) is 6.92 Å². The summed E-state index contributed by atoms with van der Waals surface area (Å²) in [6, 6.07) is 3.12. The number of rotatable bonds is 2. The number of likely N-dealkylation sites (tertiary alicyclic amines) is 1. The monoisotopic (exact) mass is 391 g/mol. The van der Waals surface area contributed by atoms with Gasteiger partial charge >= 0.3 is 0 Å². The molecule has 1 saturated carbocycles. The maximum Gasteiger partial charge on any atom is 0.261 e. The van der Waals surface area contributed by atoms with Gasteiger partial charge in [0.25, 0.3) is 15.0 Å². The van der Waals surface area contributed by atoms with E-state index in [4.69, 9.17) is 10.7 Å². The molecular weight excluding hydrogens is 378 g/mol. The third-order valence-corrected chi connectivity index (χ3v) is 6.66. The van der Waals surface area contributed by atoms with Gasteiger partial charge in [-0.3, -0.25) is 4.79 Å². The SMILES string of the molecule is Cc1c(Br)cc(S(=O)(=O)Cl)cc1C(=O)N1CC2CCC1C2. The van der Waals surface area contributed by atoms with Crippen molar-refractivity contribution in [3.63, 3.8) is 0 Å². The maximum atomic E-state index is 12.8. The summed E-state index contributed by atoms with van der Waals surface area (Å²) in [5.41, 5.74) is 1.16. The first-order chi connectivity index (χ1) is 9.77. The van der Waals surface area contributed by atoms with E-state index in [-0.39, 0.29) is 10.8 Å². The van der Waals surface area contributed by atoms with Gasteiger partial charge < -0.3 is 4.90 Å². The van der Waals surface area contributed by atoms with Gasteiger partial charge in [0, 0.05) is 33.3 Å². The summed E-state index contributed by atoms with van der Waals surface area (Å²) in [4.78, 5) is 14.6. The molecule has 2 bridgehead atoms. The summed E-state index contributed by atoms with van der Waals surface area (Å²) >= 11 is 3.31. The minimum Gasteiger partial charge on any atom is -0.335 e. The Kier molecular flexibility index (Phi) is 3.83. The Labute approximate surface area is 137 Å². The lowest BCUT2D eigenvalue weighted by atomic mass is 10.1. The average molecular weight is 393 g/mol. The third kappa shape index (κ3) is 2.73. The van der Waals surface area contributed by atoms with Crippen LogP contribution >= 0.6 is 26.6 Å². The van der Waals surface area contributed by atoms with Gasteiger partial charge in [-0.15, -0.1) is 0 Å². The zero-order valence-corrected chi connectivity index (χ0v) is 14.6. The lowest BCUT2D eigenvalue weighted by molar-refractivity contribution is 0.0702. The van der Waals surface area contributed by atoms with Gasteiger partial charge in [-0.25, -0.2) is 8.42 Å². The summed E-state index contributed by atoms with van der Waals surface area (Å²) < 4.78 is 23.7. The van der Waals surface area contributed by atoms with Crippen LogP contribution in [0.15, 0.2) is 21.5 Å². The molecule has 21 heavy (non-hydrogen) atoms. The van der Waals surface area contributed by atoms with Crippen molar-refractivity contribution in [1.82, 2.24) is 4.90 Å². The molecule has 1 heterocycles. The molecule has 1 aliphatic heterocycles. The van der Waals surface area contributed by atoms with E-state index in [1.165, 1.54) is 18.6 Å². The minimum absolute atomic E-state index is 0.0469. The normalized spacial score (nSPS) is 24.6. The van der Waals surface area contributed by atoms with E-state index in [2.05, 4.69) is 15.9 Å². The maximum absolute atomic E-state index is 12.8. The van der Waals surface area contributed by atoms with Crippen molar-refractivity contribution < 1.29 is 13.2 Å². The van der Waals surface area contributed by atoms with Crippen molar-refractivity contribution in [3.8, 4) is 0 Å². The Morgan fingerprint density at radius 1 is 1.38 bits per heavy atom. The summed E-state index contributed by atoms with van der Waals surface area (Å²) in [5, 5.41) is 0. The largest absolute Gasteiger partial charge is 0.335 e. The van der Waals surface area contributed by atoms with Gasteiger partial charge in [0.1, 0.15) is 0 Å². The Morgan fingerprint density at radius 2 is 2.10 bits per heavy atom. The molecule has 2 unspecified atom stereocenters. The molecule has 1 aromatic rings. The topological polar surface area (TPSA) is 54.5 Å². The van der Waals surface area contributed by atoms with Crippen LogP contribution in [0.1, 0.15) is 35.2 Å². The minimum atomic E-state index is -3.86. The molecule has 0 spiro atoms. The highest BCUT2D eigenvalue weighted by molar-refractivity contribution is 9.10. The van der Waals surface area contributed by atoms with Gasteiger partial charge in [-0.2, -0.15) is 0 Å². The van der Waals surface area contributed by atoms with Crippen LogP contribution < -0.4 is 0 Å². The number of halogens is 2. The Bertz CT molecular complexity index is 719. The molecule has 3 rings (SSSR count). The van der Waals surface area contributed by atoms with Crippen LogP contribution in [0, 0.1) is 12.8 Å². The van der Waals surface area contributed by atoms with Crippen LogP contribution in [0.25, 0.3) is 0 Å². The molecule has 1 aromatic carbocycles. The highest BCUT2D eigenvalue weighted by Crippen LogP contribution is 2.39. The highest BCUT2D eigenvalue weighted by atomic mass is 79.9. The molecule has 7 heteroatoms. The van der Waals surface area contributed by atoms with Crippen LogP contribution in [0.2, 0.25) is 0 Å². The Morgan fingerprint density at radius 3 is 2.62 bits per heavy atom. The number of hydrogen-bond donors (Lipinski definition) is 0. The van der Waals surface area contributed by atoms with Crippen molar-refractivity contribution in [1.29, 1.82) is 0 Å². The number of nitrogens with zero attached hydrogens (tertiary/aromatic N) is 1. The van der Waals surface area contributed by atoms with Crippen molar-refractivity contribution in [3.05, 3.63) is 27.7 Å². The molecule has 2 aliphatic rings. The Hall–Kier alpha value is -0.590. The smallest absolute Gasteiger partial charge is 0.261 e. The summed E-state index contributed by atoms with van der Waals surface area (Å²) in [5.74, 6) is 0.505. The van der Waals surface area contributed by atoms with Crippen LogP contribution in [-0.4, -0.2) is 31.8 Å². The van der Waals surface area contributed by atoms with E-state index in [1.807, 2.05) is 4.90 Å². The molecular formula is C14H15BrClNO3S. The second-order valence-electron chi connectivity index (χ2n) is 5.81. The number of benzene rings is 1. The summed E-state index contributed by atoms with van der Waals surface area (Å²) in [7, 11) is 1.55. The summed E-state index contributed by atoms with van der Waals surface area (Å²) in [6.07, 6.45) is 3.30. The fraction of sp³-hybridized carbons (Fsp3) is 0.500. The molecule has 0 N–H and O–H groups in total. The quantitative estimate of drug-likeness (QED) is 0.726. The molecule has 4 nitrogen and oxygen atoms in total. The molecule has 114 valence electrons. The van der Waals surface area contributed by atoms with Gasteiger partial charge in [0.15, 0.2) is 0 Å². The van der Waals surface area contributed by atoms with Crippen molar-refractivity contribution in [2.24, 2.45) is 5.92 Å². The molecule has 0 aromatic heterocycles. The number of hydrogen-bond acceptors (Lipinski definition) is 3. The average Bonchev–Trinajstić information content (AvgIpc) is 3.02. The van der Waals surface area contributed by atoms with Gasteiger partial charge in [0.05, 0.1) is 4.90 Å². The van der Waals surface area contributed by atoms with Crippen molar-refractivity contribution >= 4 is 41.6 Å². The lowest BCUT2D eigenvalue weighted by Gasteiger charge is -2.28. The number of amides is 1. The van der Waals surface area contributed by atoms with Gasteiger partial charge in [-0.05, 0) is 49.8 Å². The predicted octanol–water partition coefficient (Wildman–Crippen LogP) is 3.31. The first-order valence-electron chi connectivity index (χ1n) is 6.83. The molecule has 0 radical (unpaired) electrons. The van der Waals surface area contributed by atoms with E-state index in [9.17, 15) is 13.2 Å². The molecule has 1 aliphatic carbocycles. The molecule has 1 saturated heterocycles. The van der Waals surface area contributed by atoms with Crippen LogP contribution in [0.4, 0.5) is 0 Å². The third-order valence-electron chi connectivity index (χ3n) is 4.50. The van der Waals surface area contributed by atoms with Crippen molar-refractivity contribution in [2.75, 3.05) is 6.54 Å². The molecule has 2 fully saturated rings. The van der Waals surface area contributed by atoms with Crippen LogP contribution in [-0.2, 0) is 9.05 Å².